The van der Waals surface area contributed by atoms with Crippen molar-refractivity contribution in [2.75, 3.05) is 0 Å². The van der Waals surface area contributed by atoms with Crippen LogP contribution in [0.4, 0.5) is 0 Å². The van der Waals surface area contributed by atoms with Crippen molar-refractivity contribution < 1.29 is 10.2 Å². The molecule has 0 spiro atoms. The lowest BCUT2D eigenvalue weighted by Gasteiger charge is -1.89. The third-order valence-electron chi connectivity index (χ3n) is 1.05. The van der Waals surface area contributed by atoms with E-state index in [9.17, 15) is 0 Å². The van der Waals surface area contributed by atoms with Gasteiger partial charge in [-0.1, -0.05) is 0 Å². The first-order chi connectivity index (χ1) is 4.77. The van der Waals surface area contributed by atoms with Crippen molar-refractivity contribution >= 4 is 27.3 Å². The maximum Gasteiger partial charge on any atom is 0.159 e. The molecule has 0 unspecified atom stereocenters. The maximum absolute atomic E-state index is 8.70. The monoisotopic (exact) mass is 223 g/mol. The number of aliphatic hydroxyl groups is 2. The lowest BCUT2D eigenvalue weighted by Crippen LogP contribution is -1.88. The number of nitrogens with zero attached hydrogens (tertiary/aromatic N) is 1. The molecule has 0 saturated carbocycles. The van der Waals surface area contributed by atoms with E-state index in [-0.39, 0.29) is 13.2 Å². The van der Waals surface area contributed by atoms with E-state index in [4.69, 9.17) is 10.2 Å². The highest BCUT2D eigenvalue weighted by Crippen LogP contribution is 2.22. The van der Waals surface area contributed by atoms with E-state index in [0.717, 1.165) is 4.88 Å². The van der Waals surface area contributed by atoms with E-state index in [2.05, 4.69) is 20.9 Å². The van der Waals surface area contributed by atoms with E-state index in [1.54, 1.807) is 0 Å². The van der Waals surface area contributed by atoms with Gasteiger partial charge in [-0.15, -0.1) is 11.3 Å². The molecule has 2 N–H and O–H groups in total. The highest BCUT2D eigenvalue weighted by atomic mass is 79.9. The number of hydrogen-bond donors (Lipinski definition) is 2. The van der Waals surface area contributed by atoms with Crippen molar-refractivity contribution in [3.05, 3.63) is 14.5 Å². The van der Waals surface area contributed by atoms with Gasteiger partial charge in [0, 0.05) is 0 Å². The van der Waals surface area contributed by atoms with Crippen LogP contribution in [0.15, 0.2) is 3.92 Å². The van der Waals surface area contributed by atoms with Gasteiger partial charge in [-0.2, -0.15) is 0 Å². The fourth-order valence-corrected chi connectivity index (χ4v) is 2.05. The van der Waals surface area contributed by atoms with Crippen LogP contribution in [-0.2, 0) is 13.2 Å². The quantitative estimate of drug-likeness (QED) is 0.784. The minimum absolute atomic E-state index is 0.0564. The van der Waals surface area contributed by atoms with Gasteiger partial charge in [-0.3, -0.25) is 0 Å². The van der Waals surface area contributed by atoms with E-state index >= 15 is 0 Å². The van der Waals surface area contributed by atoms with Gasteiger partial charge in [-0.05, 0) is 15.9 Å². The van der Waals surface area contributed by atoms with E-state index in [0.29, 0.717) is 9.61 Å². The number of thiazole rings is 1. The minimum Gasteiger partial charge on any atom is -0.391 e. The van der Waals surface area contributed by atoms with Crippen molar-refractivity contribution in [2.24, 2.45) is 0 Å². The zero-order valence-electron chi connectivity index (χ0n) is 5.04. The first kappa shape index (κ1) is 8.13. The second-order valence-corrected chi connectivity index (χ2v) is 4.01. The lowest BCUT2D eigenvalue weighted by molar-refractivity contribution is 0.259. The largest absolute Gasteiger partial charge is 0.391 e. The molecular formula is C5H6BrNO2S. The molecule has 1 aromatic rings. The van der Waals surface area contributed by atoms with Gasteiger partial charge < -0.3 is 10.2 Å². The van der Waals surface area contributed by atoms with Gasteiger partial charge >= 0.3 is 0 Å². The van der Waals surface area contributed by atoms with E-state index < -0.39 is 0 Å². The Hall–Kier alpha value is 0.0300. The number of halogens is 1. The fraction of sp³-hybridized carbons (Fsp3) is 0.400. The fourth-order valence-electron chi connectivity index (χ4n) is 0.599. The summed E-state index contributed by atoms with van der Waals surface area (Å²) in [6.45, 7) is -0.169. The molecule has 0 aliphatic heterocycles. The highest BCUT2D eigenvalue weighted by molar-refractivity contribution is 9.11. The zero-order chi connectivity index (χ0) is 7.56. The van der Waals surface area contributed by atoms with Crippen molar-refractivity contribution in [2.45, 2.75) is 13.2 Å². The molecule has 56 valence electrons. The molecule has 1 heterocycles. The van der Waals surface area contributed by atoms with Crippen molar-refractivity contribution in [3.63, 3.8) is 0 Å². The maximum atomic E-state index is 8.70. The second-order valence-electron chi connectivity index (χ2n) is 1.65. The summed E-state index contributed by atoms with van der Waals surface area (Å²) in [7, 11) is 0. The molecule has 0 aliphatic rings. The van der Waals surface area contributed by atoms with Crippen LogP contribution in [0.1, 0.15) is 10.6 Å². The zero-order valence-corrected chi connectivity index (χ0v) is 7.44. The van der Waals surface area contributed by atoms with Gasteiger partial charge in [0.2, 0.25) is 0 Å². The number of aromatic nitrogens is 1. The van der Waals surface area contributed by atoms with Crippen LogP contribution < -0.4 is 0 Å². The summed E-state index contributed by atoms with van der Waals surface area (Å²) < 4.78 is 0.695. The van der Waals surface area contributed by atoms with E-state index in [1.807, 2.05) is 0 Å². The van der Waals surface area contributed by atoms with Crippen LogP contribution in [0.2, 0.25) is 0 Å². The van der Waals surface area contributed by atoms with Gasteiger partial charge in [-0.25, -0.2) is 4.98 Å². The van der Waals surface area contributed by atoms with Crippen LogP contribution in [0.3, 0.4) is 0 Å². The second kappa shape index (κ2) is 3.43. The van der Waals surface area contributed by atoms with Crippen LogP contribution in [-0.4, -0.2) is 15.2 Å². The molecule has 10 heavy (non-hydrogen) atoms. The third-order valence-corrected chi connectivity index (χ3v) is 2.58. The van der Waals surface area contributed by atoms with Crippen LogP contribution in [0.5, 0.6) is 0 Å². The van der Waals surface area contributed by atoms with Crippen molar-refractivity contribution in [1.82, 2.24) is 4.98 Å². The highest BCUT2D eigenvalue weighted by Gasteiger charge is 2.06. The Morgan fingerprint density at radius 1 is 1.40 bits per heavy atom. The smallest absolute Gasteiger partial charge is 0.159 e. The van der Waals surface area contributed by atoms with Crippen LogP contribution in [0, 0.1) is 0 Å². The molecule has 5 heteroatoms. The van der Waals surface area contributed by atoms with Crippen molar-refractivity contribution in [1.29, 1.82) is 0 Å². The SMILES string of the molecule is OCc1nc(Br)sc1CO. The summed E-state index contributed by atoms with van der Waals surface area (Å²) >= 11 is 4.48. The number of hydrogen-bond acceptors (Lipinski definition) is 4. The lowest BCUT2D eigenvalue weighted by atomic mass is 10.4. The number of aliphatic hydroxyl groups excluding tert-OH is 2. The molecule has 1 aromatic heterocycles. The van der Waals surface area contributed by atoms with Gasteiger partial charge in [0.25, 0.3) is 0 Å². The Balaban J connectivity index is 2.96. The van der Waals surface area contributed by atoms with E-state index in [1.165, 1.54) is 11.3 Å². The van der Waals surface area contributed by atoms with Crippen LogP contribution >= 0.6 is 27.3 Å². The first-order valence-corrected chi connectivity index (χ1v) is 4.24. The molecule has 0 atom stereocenters. The molecule has 3 nitrogen and oxygen atoms in total. The Bertz CT molecular complexity index is 204. The minimum atomic E-state index is -0.113. The molecule has 1 rings (SSSR count). The van der Waals surface area contributed by atoms with Gasteiger partial charge in [0.1, 0.15) is 0 Å². The Morgan fingerprint density at radius 3 is 2.50 bits per heavy atom. The van der Waals surface area contributed by atoms with Crippen LogP contribution in [0.25, 0.3) is 0 Å². The topological polar surface area (TPSA) is 53.4 Å². The molecule has 0 saturated heterocycles. The molecule has 0 amide bonds. The van der Waals surface area contributed by atoms with Crippen molar-refractivity contribution in [3.8, 4) is 0 Å². The Morgan fingerprint density at radius 2 is 2.10 bits per heavy atom. The molecule has 0 fully saturated rings. The summed E-state index contributed by atoms with van der Waals surface area (Å²) in [6.07, 6.45) is 0. The summed E-state index contributed by atoms with van der Waals surface area (Å²) in [5.41, 5.74) is 0.555. The Labute approximate surface area is 70.5 Å². The normalized spacial score (nSPS) is 10.3. The molecular weight excluding hydrogens is 218 g/mol. The standard InChI is InChI=1S/C5H6BrNO2S/c6-5-7-3(1-8)4(2-9)10-5/h8-9H,1-2H2. The first-order valence-electron chi connectivity index (χ1n) is 2.63. The predicted molar refractivity (Wildman–Crippen MR) is 41.7 cm³/mol. The summed E-state index contributed by atoms with van der Waals surface area (Å²) in [5.74, 6) is 0. The number of rotatable bonds is 2. The molecule has 0 aliphatic carbocycles. The predicted octanol–water partition coefficient (Wildman–Crippen LogP) is 0.890. The average molecular weight is 224 g/mol. The summed E-state index contributed by atoms with van der Waals surface area (Å²) in [6, 6.07) is 0. The molecule has 0 aromatic carbocycles. The summed E-state index contributed by atoms with van der Waals surface area (Å²) in [5, 5.41) is 17.4. The Kier molecular flexibility index (Phi) is 2.79. The third kappa shape index (κ3) is 1.54. The van der Waals surface area contributed by atoms with Gasteiger partial charge in [0.15, 0.2) is 3.92 Å². The summed E-state index contributed by atoms with van der Waals surface area (Å²) in [4.78, 5) is 4.64. The average Bonchev–Trinajstić information content (AvgIpc) is 2.30. The molecule has 0 radical (unpaired) electrons. The van der Waals surface area contributed by atoms with Gasteiger partial charge in [0.05, 0.1) is 23.8 Å². The molecule has 0 bridgehead atoms.